The Kier molecular flexibility index (Phi) is 6.13. The summed E-state index contributed by atoms with van der Waals surface area (Å²) in [6, 6.07) is 16.0. The summed E-state index contributed by atoms with van der Waals surface area (Å²) in [5.74, 6) is 1.98. The molecule has 2 N–H and O–H groups in total. The molecule has 30 heavy (non-hydrogen) atoms. The molecule has 0 saturated heterocycles. The second-order valence-corrected chi connectivity index (χ2v) is 7.90. The van der Waals surface area contributed by atoms with E-state index in [1.807, 2.05) is 42.5 Å². The van der Waals surface area contributed by atoms with Crippen molar-refractivity contribution in [1.82, 2.24) is 30.0 Å². The van der Waals surface area contributed by atoms with Gasteiger partial charge in [0.15, 0.2) is 11.0 Å². The van der Waals surface area contributed by atoms with Gasteiger partial charge in [-0.1, -0.05) is 48.2 Å². The number of carbonyl (C=O) groups excluding carboxylic acids is 1. The van der Waals surface area contributed by atoms with Crippen LogP contribution in [-0.4, -0.2) is 42.9 Å². The lowest BCUT2D eigenvalue weighted by Gasteiger charge is -2.09. The Labute approximate surface area is 179 Å². The van der Waals surface area contributed by atoms with Gasteiger partial charge in [-0.25, -0.2) is 4.98 Å². The van der Waals surface area contributed by atoms with Gasteiger partial charge in [-0.05, 0) is 31.5 Å². The van der Waals surface area contributed by atoms with Gasteiger partial charge in [0, 0.05) is 25.1 Å². The maximum Gasteiger partial charge on any atom is 0.230 e. The largest absolute Gasteiger partial charge is 0.355 e. The van der Waals surface area contributed by atoms with Crippen LogP contribution in [0.25, 0.3) is 22.4 Å². The van der Waals surface area contributed by atoms with Crippen LogP contribution in [0, 0.1) is 6.92 Å². The van der Waals surface area contributed by atoms with E-state index in [2.05, 4.69) is 50.0 Å². The number of nitrogens with zero attached hydrogens (tertiary/aromatic N) is 4. The number of H-pyrrole nitrogens is 1. The van der Waals surface area contributed by atoms with Crippen LogP contribution in [-0.2, 0) is 17.8 Å². The highest BCUT2D eigenvalue weighted by atomic mass is 32.2. The lowest BCUT2D eigenvalue weighted by Crippen LogP contribution is -2.27. The Morgan fingerprint density at radius 3 is 2.73 bits per heavy atom. The Bertz CT molecular complexity index is 1130. The highest BCUT2D eigenvalue weighted by Gasteiger charge is 2.15. The summed E-state index contributed by atoms with van der Waals surface area (Å²) in [5.41, 5.74) is 4.17. The summed E-state index contributed by atoms with van der Waals surface area (Å²) < 4.78 is 2.05. The van der Waals surface area contributed by atoms with Gasteiger partial charge in [-0.2, -0.15) is 0 Å². The van der Waals surface area contributed by atoms with Crippen molar-refractivity contribution >= 4 is 28.7 Å². The van der Waals surface area contributed by atoms with Crippen molar-refractivity contribution in [3.8, 4) is 11.4 Å². The zero-order valence-corrected chi connectivity index (χ0v) is 17.9. The lowest BCUT2D eigenvalue weighted by molar-refractivity contribution is -0.118. The lowest BCUT2D eigenvalue weighted by atomic mass is 10.1. The molecule has 154 valence electrons. The third-order valence-electron chi connectivity index (χ3n) is 4.87. The first-order valence-electron chi connectivity index (χ1n) is 9.98. The normalized spacial score (nSPS) is 11.1. The van der Waals surface area contributed by atoms with Crippen LogP contribution in [0.4, 0.5) is 0 Å². The summed E-state index contributed by atoms with van der Waals surface area (Å²) in [7, 11) is 0. The Hall–Kier alpha value is -3.13. The number of amides is 1. The molecule has 2 heterocycles. The first kappa shape index (κ1) is 20.2. The van der Waals surface area contributed by atoms with E-state index in [1.165, 1.54) is 11.8 Å². The molecule has 0 aliphatic heterocycles. The monoisotopic (exact) mass is 420 g/mol. The van der Waals surface area contributed by atoms with Crippen molar-refractivity contribution in [1.29, 1.82) is 0 Å². The molecular weight excluding hydrogens is 396 g/mol. The van der Waals surface area contributed by atoms with E-state index in [4.69, 9.17) is 0 Å². The molecule has 0 saturated carbocycles. The molecule has 4 aromatic rings. The van der Waals surface area contributed by atoms with Crippen molar-refractivity contribution in [3.05, 3.63) is 59.9 Å². The number of aryl methyl sites for hydroxylation is 1. The van der Waals surface area contributed by atoms with Crippen molar-refractivity contribution in [3.63, 3.8) is 0 Å². The van der Waals surface area contributed by atoms with Crippen molar-refractivity contribution < 1.29 is 4.79 Å². The van der Waals surface area contributed by atoms with Gasteiger partial charge in [0.1, 0.15) is 5.82 Å². The number of para-hydroxylation sites is 2. The molecule has 2 aromatic carbocycles. The zero-order valence-electron chi connectivity index (χ0n) is 17.1. The van der Waals surface area contributed by atoms with E-state index in [-0.39, 0.29) is 5.91 Å². The van der Waals surface area contributed by atoms with Crippen LogP contribution in [0.1, 0.15) is 18.3 Å². The Morgan fingerprint density at radius 2 is 1.93 bits per heavy atom. The number of aromatic nitrogens is 5. The smallest absolute Gasteiger partial charge is 0.230 e. The Morgan fingerprint density at radius 1 is 1.13 bits per heavy atom. The van der Waals surface area contributed by atoms with E-state index in [1.54, 1.807) is 0 Å². The number of hydrogen-bond acceptors (Lipinski definition) is 5. The molecular formula is C22H24N6OS. The van der Waals surface area contributed by atoms with Crippen molar-refractivity contribution in [2.75, 3.05) is 12.3 Å². The van der Waals surface area contributed by atoms with Crippen LogP contribution in [0.3, 0.4) is 0 Å². The summed E-state index contributed by atoms with van der Waals surface area (Å²) >= 11 is 1.41. The first-order valence-corrected chi connectivity index (χ1v) is 11.0. The van der Waals surface area contributed by atoms with Crippen molar-refractivity contribution in [2.24, 2.45) is 0 Å². The zero-order chi connectivity index (χ0) is 20.9. The van der Waals surface area contributed by atoms with Gasteiger partial charge in [0.2, 0.25) is 5.91 Å². The van der Waals surface area contributed by atoms with E-state index < -0.39 is 0 Å². The average molecular weight is 421 g/mol. The van der Waals surface area contributed by atoms with Gasteiger partial charge in [-0.15, -0.1) is 10.2 Å². The predicted octanol–water partition coefficient (Wildman–Crippen LogP) is 3.60. The minimum absolute atomic E-state index is 0.0285. The van der Waals surface area contributed by atoms with Crippen LogP contribution >= 0.6 is 11.8 Å². The second kappa shape index (κ2) is 9.13. The number of nitrogens with one attached hydrogen (secondary N) is 2. The molecule has 4 rings (SSSR count). The molecule has 0 spiro atoms. The maximum atomic E-state index is 12.3. The number of carbonyl (C=O) groups is 1. The highest BCUT2D eigenvalue weighted by molar-refractivity contribution is 7.99. The topological polar surface area (TPSA) is 88.5 Å². The fourth-order valence-corrected chi connectivity index (χ4v) is 4.16. The predicted molar refractivity (Wildman–Crippen MR) is 119 cm³/mol. The summed E-state index contributed by atoms with van der Waals surface area (Å²) in [5, 5.41) is 12.4. The number of hydrogen-bond donors (Lipinski definition) is 2. The molecule has 0 fully saturated rings. The number of thioether (sulfide) groups is 1. The van der Waals surface area contributed by atoms with E-state index >= 15 is 0 Å². The van der Waals surface area contributed by atoms with Crippen molar-refractivity contribution in [2.45, 2.75) is 32.0 Å². The second-order valence-electron chi connectivity index (χ2n) is 6.95. The molecule has 7 nitrogen and oxygen atoms in total. The van der Waals surface area contributed by atoms with Crippen LogP contribution < -0.4 is 5.32 Å². The average Bonchev–Trinajstić information content (AvgIpc) is 3.35. The molecule has 0 bridgehead atoms. The third-order valence-corrected chi connectivity index (χ3v) is 5.84. The standard InChI is InChI=1S/C22H24N6OS/c1-3-28-21(16-9-5-4-8-15(16)2)26-27-22(28)30-14-20(29)23-13-12-19-24-17-10-6-7-11-18(17)25-19/h4-11H,3,12-14H2,1-2H3,(H,23,29)(H,24,25). The maximum absolute atomic E-state index is 12.3. The molecule has 0 aliphatic carbocycles. The van der Waals surface area contributed by atoms with Gasteiger partial charge >= 0.3 is 0 Å². The van der Waals surface area contributed by atoms with Gasteiger partial charge in [0.05, 0.1) is 16.8 Å². The van der Waals surface area contributed by atoms with E-state index in [0.717, 1.165) is 45.5 Å². The first-order chi connectivity index (χ1) is 14.7. The van der Waals surface area contributed by atoms with Gasteiger partial charge in [-0.3, -0.25) is 4.79 Å². The van der Waals surface area contributed by atoms with Crippen LogP contribution in [0.15, 0.2) is 53.7 Å². The van der Waals surface area contributed by atoms with Crippen LogP contribution in [0.2, 0.25) is 0 Å². The summed E-state index contributed by atoms with van der Waals surface area (Å²) in [6.45, 7) is 5.40. The van der Waals surface area contributed by atoms with Gasteiger partial charge < -0.3 is 14.9 Å². The number of rotatable bonds is 8. The number of fused-ring (bicyclic) bond motifs is 1. The SMILES string of the molecule is CCn1c(SCC(=O)NCCc2nc3ccccc3[nH]2)nnc1-c1ccccc1C. The fraction of sp³-hybridized carbons (Fsp3) is 0.273. The third kappa shape index (κ3) is 4.38. The fourth-order valence-electron chi connectivity index (χ4n) is 3.33. The molecule has 1 amide bonds. The minimum atomic E-state index is -0.0285. The van der Waals surface area contributed by atoms with Crippen LogP contribution in [0.5, 0.6) is 0 Å². The quantitative estimate of drug-likeness (QED) is 0.425. The number of benzene rings is 2. The molecule has 0 aliphatic rings. The number of aromatic amines is 1. The molecule has 2 aromatic heterocycles. The Balaban J connectivity index is 1.32. The summed E-state index contributed by atoms with van der Waals surface area (Å²) in [4.78, 5) is 20.1. The molecule has 8 heteroatoms. The molecule has 0 radical (unpaired) electrons. The van der Waals surface area contributed by atoms with Gasteiger partial charge in [0.25, 0.3) is 0 Å². The number of imidazole rings is 1. The highest BCUT2D eigenvalue weighted by Crippen LogP contribution is 2.26. The molecule has 0 unspecified atom stereocenters. The van der Waals surface area contributed by atoms with E-state index in [9.17, 15) is 4.79 Å². The summed E-state index contributed by atoms with van der Waals surface area (Å²) in [6.07, 6.45) is 0.660. The molecule has 0 atom stereocenters. The minimum Gasteiger partial charge on any atom is -0.355 e. The van der Waals surface area contributed by atoms with E-state index in [0.29, 0.717) is 18.7 Å².